The van der Waals surface area contributed by atoms with Crippen LogP contribution in [0.5, 0.6) is 11.5 Å². The smallest absolute Gasteiger partial charge is 0.231 e. The van der Waals surface area contributed by atoms with Crippen molar-refractivity contribution in [3.8, 4) is 11.5 Å². The fourth-order valence-corrected chi connectivity index (χ4v) is 3.84. The highest BCUT2D eigenvalue weighted by atomic mass is 127. The zero-order chi connectivity index (χ0) is 20.8. The Bertz CT molecular complexity index is 865. The van der Waals surface area contributed by atoms with Gasteiger partial charge < -0.3 is 24.3 Å². The van der Waals surface area contributed by atoms with Crippen LogP contribution in [0.4, 0.5) is 0 Å². The lowest BCUT2D eigenvalue weighted by molar-refractivity contribution is 0.171. The van der Waals surface area contributed by atoms with E-state index < -0.39 is 0 Å². The molecule has 2 aliphatic rings. The van der Waals surface area contributed by atoms with Crippen molar-refractivity contribution in [2.75, 3.05) is 46.1 Å². The molecule has 0 unspecified atom stereocenters. The van der Waals surface area contributed by atoms with E-state index in [9.17, 15) is 0 Å². The minimum Gasteiger partial charge on any atom is -0.454 e. The van der Waals surface area contributed by atoms with Gasteiger partial charge >= 0.3 is 0 Å². The van der Waals surface area contributed by atoms with E-state index in [-0.39, 0.29) is 24.0 Å². The molecule has 1 saturated heterocycles. The van der Waals surface area contributed by atoms with Gasteiger partial charge in [-0.05, 0) is 24.6 Å². The van der Waals surface area contributed by atoms with Crippen LogP contribution in [0.1, 0.15) is 25.2 Å². The van der Waals surface area contributed by atoms with Crippen molar-refractivity contribution in [1.29, 1.82) is 0 Å². The number of fused-ring (bicyclic) bond motifs is 1. The number of nitrogens with zero attached hydrogens (tertiary/aromatic N) is 6. The highest BCUT2D eigenvalue weighted by Gasteiger charge is 2.21. The summed E-state index contributed by atoms with van der Waals surface area (Å²) in [6, 6.07) is 6.22. The average molecular weight is 541 g/mol. The lowest BCUT2D eigenvalue weighted by Gasteiger charge is -2.36. The molecule has 1 aromatic heterocycles. The van der Waals surface area contributed by atoms with Crippen LogP contribution in [0.25, 0.3) is 0 Å². The van der Waals surface area contributed by atoms with Crippen LogP contribution in [0, 0.1) is 0 Å². The number of hydrogen-bond acceptors (Lipinski definition) is 6. The number of benzene rings is 1. The van der Waals surface area contributed by atoms with Gasteiger partial charge in [0.05, 0.1) is 6.54 Å². The number of aryl methyl sites for hydroxylation is 1. The van der Waals surface area contributed by atoms with Crippen LogP contribution in [-0.2, 0) is 19.5 Å². The van der Waals surface area contributed by atoms with Gasteiger partial charge in [0.15, 0.2) is 17.5 Å². The molecule has 2 aliphatic heterocycles. The fourth-order valence-electron chi connectivity index (χ4n) is 3.84. The van der Waals surface area contributed by atoms with Crippen LogP contribution in [-0.4, -0.2) is 76.6 Å². The Balaban J connectivity index is 0.00000272. The first-order valence-electron chi connectivity index (χ1n) is 10.8. The average Bonchev–Trinajstić information content (AvgIpc) is 3.42. The molecule has 0 bridgehead atoms. The third kappa shape index (κ3) is 6.00. The van der Waals surface area contributed by atoms with Crippen molar-refractivity contribution in [2.45, 2.75) is 33.4 Å². The van der Waals surface area contributed by atoms with E-state index in [1.165, 1.54) is 5.56 Å². The van der Waals surface area contributed by atoms with Crippen molar-refractivity contribution in [3.63, 3.8) is 0 Å². The molecule has 9 nitrogen and oxygen atoms in total. The standard InChI is InChI=1S/C21H31N7O2.HI/c1-3-20-25-24-15-28(20)8-7-23-21(22-4-2)27-11-9-26(10-12-27)14-17-5-6-18-19(13-17)30-16-29-18;/h5-6,13,15H,3-4,7-12,14,16H2,1-2H3,(H,22,23);1H. The number of rotatable bonds is 7. The van der Waals surface area contributed by atoms with Crippen LogP contribution in [0.2, 0.25) is 0 Å². The molecular formula is C21H32IN7O2. The van der Waals surface area contributed by atoms with Crippen LogP contribution in [0.3, 0.4) is 0 Å². The van der Waals surface area contributed by atoms with Gasteiger partial charge in [-0.3, -0.25) is 9.89 Å². The molecule has 31 heavy (non-hydrogen) atoms. The maximum absolute atomic E-state index is 5.50. The minimum absolute atomic E-state index is 0. The Morgan fingerprint density at radius 2 is 1.94 bits per heavy atom. The summed E-state index contributed by atoms with van der Waals surface area (Å²) in [4.78, 5) is 9.67. The van der Waals surface area contributed by atoms with Crippen molar-refractivity contribution in [2.24, 2.45) is 4.99 Å². The summed E-state index contributed by atoms with van der Waals surface area (Å²) in [5, 5.41) is 11.6. The second kappa shape index (κ2) is 11.5. The summed E-state index contributed by atoms with van der Waals surface area (Å²) in [6.07, 6.45) is 2.67. The monoisotopic (exact) mass is 541 g/mol. The third-order valence-corrected chi connectivity index (χ3v) is 5.46. The predicted octanol–water partition coefficient (Wildman–Crippen LogP) is 1.97. The summed E-state index contributed by atoms with van der Waals surface area (Å²) in [7, 11) is 0. The zero-order valence-corrected chi connectivity index (χ0v) is 20.6. The van der Waals surface area contributed by atoms with E-state index in [1.807, 2.05) is 6.07 Å². The van der Waals surface area contributed by atoms with E-state index in [0.29, 0.717) is 13.3 Å². The highest BCUT2D eigenvalue weighted by molar-refractivity contribution is 14.0. The molecule has 0 radical (unpaired) electrons. The summed E-state index contributed by atoms with van der Waals surface area (Å²) in [6.45, 7) is 11.8. The van der Waals surface area contributed by atoms with Gasteiger partial charge in [0.25, 0.3) is 0 Å². The minimum atomic E-state index is 0. The lowest BCUT2D eigenvalue weighted by Crippen LogP contribution is -2.52. The number of guanidine groups is 1. The highest BCUT2D eigenvalue weighted by Crippen LogP contribution is 2.32. The predicted molar refractivity (Wildman–Crippen MR) is 130 cm³/mol. The number of nitrogens with one attached hydrogen (secondary N) is 1. The van der Waals surface area contributed by atoms with Gasteiger partial charge in [0, 0.05) is 52.2 Å². The molecular weight excluding hydrogens is 509 g/mol. The maximum Gasteiger partial charge on any atom is 0.231 e. The van der Waals surface area contributed by atoms with Gasteiger partial charge in [-0.25, -0.2) is 0 Å². The first-order chi connectivity index (χ1) is 14.8. The normalized spacial score (nSPS) is 16.3. The molecule has 10 heteroatoms. The Kier molecular flexibility index (Phi) is 8.76. The van der Waals surface area contributed by atoms with Crippen molar-refractivity contribution in [1.82, 2.24) is 29.9 Å². The van der Waals surface area contributed by atoms with Crippen molar-refractivity contribution < 1.29 is 9.47 Å². The Morgan fingerprint density at radius 1 is 1.13 bits per heavy atom. The summed E-state index contributed by atoms with van der Waals surface area (Å²) < 4.78 is 13.0. The fraction of sp³-hybridized carbons (Fsp3) is 0.571. The molecule has 170 valence electrons. The molecule has 4 rings (SSSR count). The van der Waals surface area contributed by atoms with E-state index in [1.54, 1.807) is 6.33 Å². The number of aliphatic imine (C=N–C) groups is 1. The summed E-state index contributed by atoms with van der Waals surface area (Å²) in [5.74, 6) is 3.69. The van der Waals surface area contributed by atoms with Gasteiger partial charge in [-0.2, -0.15) is 0 Å². The van der Waals surface area contributed by atoms with E-state index in [0.717, 1.165) is 75.5 Å². The zero-order valence-electron chi connectivity index (χ0n) is 18.3. The van der Waals surface area contributed by atoms with Crippen LogP contribution < -0.4 is 14.8 Å². The largest absolute Gasteiger partial charge is 0.454 e. The second-order valence-corrected chi connectivity index (χ2v) is 7.48. The molecule has 3 heterocycles. The Hall–Kier alpha value is -2.08. The van der Waals surface area contributed by atoms with E-state index in [2.05, 4.69) is 55.9 Å². The Morgan fingerprint density at radius 3 is 2.71 bits per heavy atom. The summed E-state index contributed by atoms with van der Waals surface area (Å²) in [5.41, 5.74) is 1.26. The third-order valence-electron chi connectivity index (χ3n) is 5.46. The van der Waals surface area contributed by atoms with Crippen molar-refractivity contribution >= 4 is 29.9 Å². The first kappa shape index (κ1) is 23.6. The molecule has 0 spiro atoms. The van der Waals surface area contributed by atoms with Crippen LogP contribution >= 0.6 is 24.0 Å². The maximum atomic E-state index is 5.50. The molecule has 1 fully saturated rings. The number of piperazine rings is 1. The van der Waals surface area contributed by atoms with Gasteiger partial charge in [-0.15, -0.1) is 34.2 Å². The summed E-state index contributed by atoms with van der Waals surface area (Å²) >= 11 is 0. The number of ether oxygens (including phenoxy) is 2. The van der Waals surface area contributed by atoms with Crippen molar-refractivity contribution in [3.05, 3.63) is 35.9 Å². The molecule has 0 aliphatic carbocycles. The molecule has 2 aromatic rings. The van der Waals surface area contributed by atoms with E-state index in [4.69, 9.17) is 14.5 Å². The number of halogens is 1. The quantitative estimate of drug-likeness (QED) is 0.326. The Labute approximate surface area is 200 Å². The molecule has 0 saturated carbocycles. The first-order valence-corrected chi connectivity index (χ1v) is 10.8. The van der Waals surface area contributed by atoms with E-state index >= 15 is 0 Å². The second-order valence-electron chi connectivity index (χ2n) is 7.48. The topological polar surface area (TPSA) is 80.0 Å². The lowest BCUT2D eigenvalue weighted by atomic mass is 10.1. The molecule has 1 N–H and O–H groups in total. The van der Waals surface area contributed by atoms with Crippen LogP contribution in [0.15, 0.2) is 29.5 Å². The number of hydrogen-bond donors (Lipinski definition) is 1. The van der Waals surface area contributed by atoms with Gasteiger partial charge in [-0.1, -0.05) is 13.0 Å². The van der Waals surface area contributed by atoms with Gasteiger partial charge in [0.2, 0.25) is 6.79 Å². The molecule has 0 amide bonds. The van der Waals surface area contributed by atoms with Gasteiger partial charge in [0.1, 0.15) is 12.2 Å². The SMILES string of the molecule is CCNC(=NCCn1cnnc1CC)N1CCN(Cc2ccc3c(c2)OCO3)CC1.I. The molecule has 0 atom stereocenters. The number of aromatic nitrogens is 3. The molecule has 1 aromatic carbocycles.